The summed E-state index contributed by atoms with van der Waals surface area (Å²) in [5, 5.41) is 0. The molecule has 7 atom stereocenters. The summed E-state index contributed by atoms with van der Waals surface area (Å²) in [6.07, 6.45) is 4.10. The van der Waals surface area contributed by atoms with Gasteiger partial charge >= 0.3 is 5.97 Å². The van der Waals surface area contributed by atoms with Crippen LogP contribution in [0.2, 0.25) is 0 Å². The molecule has 4 unspecified atom stereocenters. The standard InChI is InChI=1S/C26H30O6S/c1-16-17-9-12-26(22(16)27)20(13-17)25-11-6-10-24(2,15-31-23(25)28)19(25)14-21(26)32-33(29,30)18-7-4-3-5-8-18/h3-5,7-8,17,19-21H,1,6,9-15H2,2H3/t17-,19?,20?,21+,24-,25?,26?/m0/s1. The van der Waals surface area contributed by atoms with Gasteiger partial charge in [0.2, 0.25) is 0 Å². The van der Waals surface area contributed by atoms with E-state index in [1.54, 1.807) is 18.2 Å². The summed E-state index contributed by atoms with van der Waals surface area (Å²) >= 11 is 0. The topological polar surface area (TPSA) is 86.7 Å². The monoisotopic (exact) mass is 470 g/mol. The number of carbonyl (C=O) groups excluding carboxylic acids is 2. The van der Waals surface area contributed by atoms with Gasteiger partial charge in [-0.05, 0) is 74.0 Å². The SMILES string of the molecule is C=C1C(=O)C23CC[C@H]1CC2C12CCC[C@@](C)(COC1=O)C2C[C@H]3OS(=O)(=O)c1ccccc1. The van der Waals surface area contributed by atoms with E-state index in [4.69, 9.17) is 8.92 Å². The predicted molar refractivity (Wildman–Crippen MR) is 119 cm³/mol. The summed E-state index contributed by atoms with van der Waals surface area (Å²) in [6.45, 7) is 6.60. The van der Waals surface area contributed by atoms with Gasteiger partial charge in [-0.2, -0.15) is 8.42 Å². The molecule has 6 aliphatic rings. The van der Waals surface area contributed by atoms with Crippen molar-refractivity contribution in [3.63, 3.8) is 0 Å². The molecular weight excluding hydrogens is 440 g/mol. The van der Waals surface area contributed by atoms with Crippen LogP contribution in [0.15, 0.2) is 47.4 Å². The lowest BCUT2D eigenvalue weighted by atomic mass is 9.35. The van der Waals surface area contributed by atoms with E-state index in [-0.39, 0.29) is 39.8 Å². The van der Waals surface area contributed by atoms with Crippen LogP contribution in [0, 0.1) is 34.0 Å². The Balaban J connectivity index is 1.51. The smallest absolute Gasteiger partial charge is 0.312 e. The molecule has 7 rings (SSSR count). The van der Waals surface area contributed by atoms with Crippen LogP contribution in [0.1, 0.15) is 51.9 Å². The van der Waals surface area contributed by atoms with Crippen LogP contribution >= 0.6 is 0 Å². The average Bonchev–Trinajstić information content (AvgIpc) is 2.81. The number of fused-ring (bicyclic) bond motifs is 2. The molecule has 0 amide bonds. The summed E-state index contributed by atoms with van der Waals surface area (Å²) in [7, 11) is -4.08. The van der Waals surface area contributed by atoms with Crippen LogP contribution in [0.25, 0.3) is 0 Å². The Morgan fingerprint density at radius 3 is 2.55 bits per heavy atom. The van der Waals surface area contributed by atoms with Gasteiger partial charge in [0.15, 0.2) is 5.78 Å². The van der Waals surface area contributed by atoms with Crippen molar-refractivity contribution in [3.05, 3.63) is 42.5 Å². The highest BCUT2D eigenvalue weighted by Gasteiger charge is 2.76. The minimum Gasteiger partial charge on any atom is -0.465 e. The lowest BCUT2D eigenvalue weighted by Crippen LogP contribution is -2.73. The molecule has 1 aromatic carbocycles. The number of hydrogen-bond acceptors (Lipinski definition) is 6. The fourth-order valence-corrected chi connectivity index (χ4v) is 9.57. The van der Waals surface area contributed by atoms with Crippen molar-refractivity contribution in [1.82, 2.24) is 0 Å². The van der Waals surface area contributed by atoms with Gasteiger partial charge in [-0.25, -0.2) is 0 Å². The molecule has 1 saturated heterocycles. The first-order valence-electron chi connectivity index (χ1n) is 12.0. The number of cyclic esters (lactones) is 1. The van der Waals surface area contributed by atoms with Crippen molar-refractivity contribution in [3.8, 4) is 0 Å². The molecule has 5 saturated carbocycles. The first kappa shape index (κ1) is 21.5. The Hall–Kier alpha value is -1.99. The van der Waals surface area contributed by atoms with Crippen LogP contribution in [-0.4, -0.2) is 32.9 Å². The van der Waals surface area contributed by atoms with Crippen molar-refractivity contribution in [2.45, 2.75) is 62.9 Å². The van der Waals surface area contributed by atoms with Crippen molar-refractivity contribution in [2.24, 2.45) is 34.0 Å². The third-order valence-corrected chi connectivity index (χ3v) is 11.2. The minimum absolute atomic E-state index is 0.0480. The van der Waals surface area contributed by atoms with Gasteiger partial charge in [0.25, 0.3) is 10.1 Å². The first-order valence-corrected chi connectivity index (χ1v) is 13.5. The molecule has 33 heavy (non-hydrogen) atoms. The van der Waals surface area contributed by atoms with Crippen molar-refractivity contribution >= 4 is 21.9 Å². The Labute approximate surface area is 194 Å². The second-order valence-corrected chi connectivity index (χ2v) is 12.8. The molecule has 0 aromatic heterocycles. The summed E-state index contributed by atoms with van der Waals surface area (Å²) < 4.78 is 38.5. The van der Waals surface area contributed by atoms with Gasteiger partial charge in [0, 0.05) is 5.41 Å². The van der Waals surface area contributed by atoms with Crippen molar-refractivity contribution in [2.75, 3.05) is 6.61 Å². The molecule has 6 nitrogen and oxygen atoms in total. The average molecular weight is 471 g/mol. The number of hydrogen-bond donors (Lipinski definition) is 0. The number of carbonyl (C=O) groups is 2. The number of rotatable bonds is 3. The lowest BCUT2D eigenvalue weighted by molar-refractivity contribution is -0.251. The maximum Gasteiger partial charge on any atom is 0.312 e. The summed E-state index contributed by atoms with van der Waals surface area (Å²) in [4.78, 5) is 27.5. The minimum atomic E-state index is -4.08. The van der Waals surface area contributed by atoms with Gasteiger partial charge in [0.05, 0.1) is 28.4 Å². The number of ketones is 1. The molecule has 7 heteroatoms. The third-order valence-electron chi connectivity index (χ3n) is 9.89. The maximum atomic E-state index is 13.9. The normalized spacial score (nSPS) is 44.1. The molecular formula is C26H30O6S. The van der Waals surface area contributed by atoms with E-state index in [1.165, 1.54) is 12.1 Å². The van der Waals surface area contributed by atoms with E-state index in [0.29, 0.717) is 37.9 Å². The van der Waals surface area contributed by atoms with Crippen LogP contribution in [-0.2, 0) is 28.6 Å². The molecule has 0 N–H and O–H groups in total. The lowest BCUT2D eigenvalue weighted by Gasteiger charge is -2.69. The molecule has 176 valence electrons. The molecule has 6 fully saturated rings. The van der Waals surface area contributed by atoms with Crippen LogP contribution in [0.5, 0.6) is 0 Å². The highest BCUT2D eigenvalue weighted by Crippen LogP contribution is 2.73. The Bertz CT molecular complexity index is 1160. The fourth-order valence-electron chi connectivity index (χ4n) is 8.41. The van der Waals surface area contributed by atoms with Crippen molar-refractivity contribution in [1.29, 1.82) is 0 Å². The summed E-state index contributed by atoms with van der Waals surface area (Å²) in [5.41, 5.74) is -1.45. The molecule has 1 aromatic rings. The molecule has 4 bridgehead atoms. The van der Waals surface area contributed by atoms with E-state index in [1.807, 2.05) is 0 Å². The molecule has 5 aliphatic carbocycles. The number of benzene rings is 1. The fraction of sp³-hybridized carbons (Fsp3) is 0.615. The van der Waals surface area contributed by atoms with E-state index in [0.717, 1.165) is 19.3 Å². The number of Topliss-reactive ketones (excluding diaryl/α,β-unsaturated/α-hetero) is 1. The zero-order valence-corrected chi connectivity index (χ0v) is 19.7. The third kappa shape index (κ3) is 2.61. The maximum absolute atomic E-state index is 13.9. The molecule has 1 spiro atoms. The second-order valence-electron chi connectivity index (χ2n) is 11.2. The number of esters is 1. The second kappa shape index (κ2) is 6.79. The summed E-state index contributed by atoms with van der Waals surface area (Å²) in [6, 6.07) is 8.11. The van der Waals surface area contributed by atoms with Gasteiger partial charge in [-0.3, -0.25) is 13.8 Å². The Morgan fingerprint density at radius 1 is 1.03 bits per heavy atom. The predicted octanol–water partition coefficient (Wildman–Crippen LogP) is 4.06. The highest BCUT2D eigenvalue weighted by molar-refractivity contribution is 7.86. The Morgan fingerprint density at radius 2 is 1.79 bits per heavy atom. The van der Waals surface area contributed by atoms with Crippen LogP contribution in [0.4, 0.5) is 0 Å². The molecule has 1 aliphatic heterocycles. The van der Waals surface area contributed by atoms with E-state index >= 15 is 0 Å². The Kier molecular flexibility index (Phi) is 4.43. The zero-order chi connectivity index (χ0) is 23.2. The van der Waals surface area contributed by atoms with Crippen LogP contribution in [0.3, 0.4) is 0 Å². The first-order chi connectivity index (χ1) is 15.7. The highest BCUT2D eigenvalue weighted by atomic mass is 32.2. The molecule has 1 heterocycles. The largest absolute Gasteiger partial charge is 0.465 e. The van der Waals surface area contributed by atoms with Gasteiger partial charge in [-0.1, -0.05) is 38.1 Å². The van der Waals surface area contributed by atoms with Gasteiger partial charge in [0.1, 0.15) is 0 Å². The van der Waals surface area contributed by atoms with E-state index in [2.05, 4.69) is 13.5 Å². The quantitative estimate of drug-likeness (QED) is 0.376. The van der Waals surface area contributed by atoms with Gasteiger partial charge in [-0.15, -0.1) is 0 Å². The van der Waals surface area contributed by atoms with E-state index in [9.17, 15) is 18.0 Å². The molecule has 0 radical (unpaired) electrons. The summed E-state index contributed by atoms with van der Waals surface area (Å²) in [5.74, 6) is -0.575. The van der Waals surface area contributed by atoms with E-state index < -0.39 is 27.1 Å². The zero-order valence-electron chi connectivity index (χ0n) is 18.9. The van der Waals surface area contributed by atoms with Crippen molar-refractivity contribution < 1.29 is 26.9 Å². The van der Waals surface area contributed by atoms with Crippen LogP contribution < -0.4 is 0 Å². The number of allylic oxidation sites excluding steroid dienone is 1. The number of ether oxygens (including phenoxy) is 1. The van der Waals surface area contributed by atoms with Gasteiger partial charge < -0.3 is 4.74 Å².